The van der Waals surface area contributed by atoms with Gasteiger partial charge in [0.05, 0.1) is 23.3 Å². The normalized spacial score (nSPS) is 15.6. The number of para-hydroxylation sites is 4. The second-order valence-corrected chi connectivity index (χ2v) is 14.5. The third-order valence-electron chi connectivity index (χ3n) is 11.5. The van der Waals surface area contributed by atoms with Crippen molar-refractivity contribution >= 4 is 38.9 Å². The largest absolute Gasteiger partial charge is 0.310 e. The fourth-order valence-corrected chi connectivity index (χ4v) is 9.17. The molecule has 0 N–H and O–H groups in total. The van der Waals surface area contributed by atoms with Crippen molar-refractivity contribution in [3.8, 4) is 27.9 Å². The lowest BCUT2D eigenvalue weighted by molar-refractivity contribution is 0.772. The van der Waals surface area contributed by atoms with E-state index in [-0.39, 0.29) is 29.7 Å². The molecule has 268 valence electrons. The minimum Gasteiger partial charge on any atom is -0.310 e. The molecule has 1 aromatic heterocycles. The number of benzene rings is 9. The first-order chi connectivity index (χ1) is 30.4. The summed E-state index contributed by atoms with van der Waals surface area (Å²) >= 11 is 0. The molecule has 2 heteroatoms. The van der Waals surface area contributed by atoms with E-state index in [4.69, 9.17) is 4.11 Å². The van der Waals surface area contributed by atoms with Crippen LogP contribution in [0.4, 0.5) is 17.1 Å². The number of rotatable bonds is 7. The summed E-state index contributed by atoms with van der Waals surface area (Å²) in [6.45, 7) is 0. The van der Waals surface area contributed by atoms with Gasteiger partial charge in [0.2, 0.25) is 0 Å². The van der Waals surface area contributed by atoms with Crippen molar-refractivity contribution in [3.63, 3.8) is 0 Å². The molecule has 0 saturated heterocycles. The van der Waals surface area contributed by atoms with Crippen LogP contribution in [0.25, 0.3) is 49.7 Å². The highest BCUT2D eigenvalue weighted by molar-refractivity contribution is 6.11. The first kappa shape index (κ1) is 28.1. The second kappa shape index (κ2) is 13.4. The van der Waals surface area contributed by atoms with E-state index in [0.717, 1.165) is 83.5 Å². The van der Waals surface area contributed by atoms with E-state index in [1.165, 1.54) is 0 Å². The van der Waals surface area contributed by atoms with Crippen molar-refractivity contribution in [2.24, 2.45) is 0 Å². The lowest BCUT2D eigenvalue weighted by atomic mass is 9.67. The molecule has 0 radical (unpaired) electrons. The average molecular weight is 732 g/mol. The monoisotopic (exact) mass is 731 g/mol. The first-order valence-electron chi connectivity index (χ1n) is 21.8. The number of anilines is 3. The highest BCUT2D eigenvalue weighted by Gasteiger charge is 2.47. The summed E-state index contributed by atoms with van der Waals surface area (Å²) in [6.07, 6.45) is 0. The topological polar surface area (TPSA) is 8.17 Å². The molecule has 1 atom stereocenters. The Kier molecular flexibility index (Phi) is 6.60. The Morgan fingerprint density at radius 3 is 1.79 bits per heavy atom. The minimum absolute atomic E-state index is 0.219. The zero-order valence-corrected chi connectivity index (χ0v) is 30.9. The van der Waals surface area contributed by atoms with E-state index in [1.807, 2.05) is 84.9 Å². The Balaban J connectivity index is 1.24. The van der Waals surface area contributed by atoms with Crippen LogP contribution in [0, 0.1) is 0 Å². The van der Waals surface area contributed by atoms with Gasteiger partial charge in [-0.05, 0) is 99.1 Å². The highest BCUT2D eigenvalue weighted by atomic mass is 15.1. The van der Waals surface area contributed by atoms with Crippen LogP contribution in [-0.2, 0) is 5.41 Å². The number of hydrogen-bond acceptors (Lipinski definition) is 1. The molecular weight excluding hydrogens is 689 g/mol. The molecule has 9 aromatic carbocycles. The third kappa shape index (κ3) is 5.11. The lowest BCUT2D eigenvalue weighted by Crippen LogP contribution is -2.29. The fourth-order valence-electron chi connectivity index (χ4n) is 9.17. The molecule has 11 rings (SSSR count). The van der Waals surface area contributed by atoms with Crippen molar-refractivity contribution in [1.29, 1.82) is 0 Å². The summed E-state index contributed by atoms with van der Waals surface area (Å²) in [6, 6.07) is 67.1. The van der Waals surface area contributed by atoms with Crippen molar-refractivity contribution in [2.75, 3.05) is 4.90 Å². The molecule has 0 aliphatic heterocycles. The summed E-state index contributed by atoms with van der Waals surface area (Å²) < 4.78 is 48.6. The van der Waals surface area contributed by atoms with E-state index in [2.05, 4.69) is 125 Å². The molecule has 0 saturated carbocycles. The Bertz CT molecular complexity index is 3320. The molecule has 1 aliphatic rings. The quantitative estimate of drug-likeness (QED) is 0.158. The van der Waals surface area contributed by atoms with Gasteiger partial charge in [0.15, 0.2) is 0 Å². The molecule has 2 nitrogen and oxygen atoms in total. The zero-order valence-electron chi connectivity index (χ0n) is 35.9. The van der Waals surface area contributed by atoms with Gasteiger partial charge in [0, 0.05) is 33.5 Å². The van der Waals surface area contributed by atoms with Crippen LogP contribution in [0.2, 0.25) is 0 Å². The standard InChI is InChI=1S/C55H38N2/c1-5-18-39(19-6-1)40-32-34-44(35-33-40)56(42-22-9-3-10-23-42)45-36-37-51-49(38-45)46-26-13-15-29-50(46)55(51,41-20-7-2-8-21-41)52-30-17-28-48-47-27-14-16-31-53(47)57(54(48)52)43-24-11-4-12-25-43/h1-38H/i2D,7D,8D,20D,21D. The Morgan fingerprint density at radius 2 is 1.00 bits per heavy atom. The van der Waals surface area contributed by atoms with Gasteiger partial charge < -0.3 is 9.47 Å². The van der Waals surface area contributed by atoms with Gasteiger partial charge in [-0.1, -0.05) is 176 Å². The molecule has 1 aliphatic carbocycles. The summed E-state index contributed by atoms with van der Waals surface area (Å²) in [5.74, 6) is 0. The van der Waals surface area contributed by atoms with E-state index >= 15 is 0 Å². The summed E-state index contributed by atoms with van der Waals surface area (Å²) in [4.78, 5) is 2.25. The summed E-state index contributed by atoms with van der Waals surface area (Å²) in [5, 5.41) is 2.06. The van der Waals surface area contributed by atoms with Gasteiger partial charge in [0.1, 0.15) is 0 Å². The molecule has 0 fully saturated rings. The van der Waals surface area contributed by atoms with E-state index in [0.29, 0.717) is 0 Å². The highest BCUT2D eigenvalue weighted by Crippen LogP contribution is 2.58. The van der Waals surface area contributed by atoms with Gasteiger partial charge in [-0.15, -0.1) is 0 Å². The van der Waals surface area contributed by atoms with Gasteiger partial charge in [-0.2, -0.15) is 0 Å². The Labute approximate surface area is 340 Å². The van der Waals surface area contributed by atoms with Crippen LogP contribution < -0.4 is 4.90 Å². The minimum atomic E-state index is -1.34. The Morgan fingerprint density at radius 1 is 0.421 bits per heavy atom. The molecule has 0 spiro atoms. The predicted octanol–water partition coefficient (Wildman–Crippen LogP) is 14.3. The van der Waals surface area contributed by atoms with Crippen molar-refractivity contribution in [1.82, 2.24) is 4.57 Å². The van der Waals surface area contributed by atoms with Crippen LogP contribution >= 0.6 is 0 Å². The molecule has 0 amide bonds. The van der Waals surface area contributed by atoms with Crippen LogP contribution in [-0.4, -0.2) is 4.57 Å². The second-order valence-electron chi connectivity index (χ2n) is 14.5. The van der Waals surface area contributed by atoms with Crippen molar-refractivity contribution < 1.29 is 6.85 Å². The van der Waals surface area contributed by atoms with E-state index in [9.17, 15) is 2.74 Å². The number of hydrogen-bond donors (Lipinski definition) is 0. The number of nitrogens with zero attached hydrogens (tertiary/aromatic N) is 2. The van der Waals surface area contributed by atoms with Crippen molar-refractivity contribution in [2.45, 2.75) is 5.41 Å². The van der Waals surface area contributed by atoms with E-state index in [1.54, 1.807) is 0 Å². The first-order valence-corrected chi connectivity index (χ1v) is 19.3. The fraction of sp³-hybridized carbons (Fsp3) is 0.0182. The molecule has 10 aromatic rings. The lowest BCUT2D eigenvalue weighted by Gasteiger charge is -2.35. The predicted molar refractivity (Wildman–Crippen MR) is 238 cm³/mol. The van der Waals surface area contributed by atoms with Crippen LogP contribution in [0.5, 0.6) is 0 Å². The zero-order chi connectivity index (χ0) is 42.1. The maximum absolute atomic E-state index is 9.72. The van der Waals surface area contributed by atoms with Gasteiger partial charge in [0.25, 0.3) is 0 Å². The Hall–Kier alpha value is -7.42. The molecular formula is C55H38N2. The molecule has 57 heavy (non-hydrogen) atoms. The van der Waals surface area contributed by atoms with Gasteiger partial charge >= 0.3 is 0 Å². The summed E-state index contributed by atoms with van der Waals surface area (Å²) in [5.41, 5.74) is 11.3. The SMILES string of the molecule is [2H]c1c([2H])c([2H])c(C2(c3cccc4c5ccccc5n(-c5ccccc5)c34)c3ccccc3-c3cc(N(c4ccccc4)c4ccc(-c5ccccc5)cc4)ccc32)c([2H])c1[2H]. The van der Waals surface area contributed by atoms with Crippen LogP contribution in [0.1, 0.15) is 29.1 Å². The molecule has 0 bridgehead atoms. The van der Waals surface area contributed by atoms with Crippen LogP contribution in [0.15, 0.2) is 230 Å². The van der Waals surface area contributed by atoms with Crippen LogP contribution in [0.3, 0.4) is 0 Å². The average Bonchev–Trinajstić information content (AvgIpc) is 3.82. The maximum Gasteiger partial charge on any atom is 0.0734 e. The van der Waals surface area contributed by atoms with Gasteiger partial charge in [-0.25, -0.2) is 0 Å². The maximum atomic E-state index is 9.72. The summed E-state index contributed by atoms with van der Waals surface area (Å²) in [7, 11) is 0. The smallest absolute Gasteiger partial charge is 0.0734 e. The third-order valence-corrected chi connectivity index (χ3v) is 11.5. The molecule has 1 unspecified atom stereocenters. The van der Waals surface area contributed by atoms with E-state index < -0.39 is 11.5 Å². The molecule has 1 heterocycles. The number of aromatic nitrogens is 1. The van der Waals surface area contributed by atoms with Crippen molar-refractivity contribution in [3.05, 3.63) is 253 Å². The van der Waals surface area contributed by atoms with Gasteiger partial charge in [-0.3, -0.25) is 0 Å². The number of fused-ring (bicyclic) bond motifs is 6.